The summed E-state index contributed by atoms with van der Waals surface area (Å²) in [6.45, 7) is 5.28. The molecule has 1 aliphatic rings. The van der Waals surface area contributed by atoms with Crippen molar-refractivity contribution in [3.63, 3.8) is 0 Å². The standard InChI is InChI=1S/C11H21NO/c1-3-6-9(2)10-7-4-5-8-12-11(10)13/h9-10H,3-8H2,1-2H3,(H,12,13). The molecule has 1 heterocycles. The largest absolute Gasteiger partial charge is 0.356 e. The number of carbonyl (C=O) groups excluding carboxylic acids is 1. The summed E-state index contributed by atoms with van der Waals surface area (Å²) < 4.78 is 0. The smallest absolute Gasteiger partial charge is 0.223 e. The Morgan fingerprint density at radius 1 is 1.54 bits per heavy atom. The first-order valence-electron chi connectivity index (χ1n) is 5.53. The lowest BCUT2D eigenvalue weighted by Gasteiger charge is -2.20. The van der Waals surface area contributed by atoms with E-state index >= 15 is 0 Å². The maximum atomic E-state index is 11.6. The molecule has 0 aromatic carbocycles. The van der Waals surface area contributed by atoms with Crippen molar-refractivity contribution in [2.24, 2.45) is 11.8 Å². The number of hydrogen-bond acceptors (Lipinski definition) is 1. The topological polar surface area (TPSA) is 29.1 Å². The minimum atomic E-state index is 0.280. The van der Waals surface area contributed by atoms with Gasteiger partial charge in [0.1, 0.15) is 0 Å². The molecule has 0 saturated carbocycles. The van der Waals surface area contributed by atoms with Gasteiger partial charge in [0.15, 0.2) is 0 Å². The van der Waals surface area contributed by atoms with Gasteiger partial charge in [0.05, 0.1) is 0 Å². The first-order valence-corrected chi connectivity index (χ1v) is 5.53. The zero-order valence-corrected chi connectivity index (χ0v) is 8.81. The van der Waals surface area contributed by atoms with Crippen LogP contribution in [0.1, 0.15) is 46.0 Å². The van der Waals surface area contributed by atoms with Gasteiger partial charge in [-0.2, -0.15) is 0 Å². The minimum absolute atomic E-state index is 0.280. The molecule has 2 heteroatoms. The third-order valence-electron chi connectivity index (χ3n) is 3.01. The van der Waals surface area contributed by atoms with Crippen molar-refractivity contribution < 1.29 is 4.79 Å². The van der Waals surface area contributed by atoms with Gasteiger partial charge in [0.2, 0.25) is 5.91 Å². The lowest BCUT2D eigenvalue weighted by atomic mass is 9.86. The Balaban J connectivity index is 2.48. The average Bonchev–Trinajstić information content (AvgIpc) is 2.30. The van der Waals surface area contributed by atoms with Crippen LogP contribution in [0, 0.1) is 11.8 Å². The van der Waals surface area contributed by atoms with Gasteiger partial charge in [-0.25, -0.2) is 0 Å². The molecule has 2 nitrogen and oxygen atoms in total. The second-order valence-corrected chi connectivity index (χ2v) is 4.16. The van der Waals surface area contributed by atoms with Gasteiger partial charge in [-0.15, -0.1) is 0 Å². The van der Waals surface area contributed by atoms with Gasteiger partial charge in [-0.3, -0.25) is 4.79 Å². The van der Waals surface area contributed by atoms with Crippen molar-refractivity contribution in [2.45, 2.75) is 46.0 Å². The molecule has 0 aromatic heterocycles. The fourth-order valence-corrected chi connectivity index (χ4v) is 2.16. The van der Waals surface area contributed by atoms with Crippen molar-refractivity contribution in [1.29, 1.82) is 0 Å². The minimum Gasteiger partial charge on any atom is -0.356 e. The van der Waals surface area contributed by atoms with E-state index in [1.54, 1.807) is 0 Å². The summed E-state index contributed by atoms with van der Waals surface area (Å²) in [4.78, 5) is 11.6. The molecule has 1 aliphatic heterocycles. The number of nitrogens with one attached hydrogen (secondary N) is 1. The number of carbonyl (C=O) groups is 1. The number of rotatable bonds is 3. The Bertz CT molecular complexity index is 167. The van der Waals surface area contributed by atoms with Crippen LogP contribution < -0.4 is 5.32 Å². The van der Waals surface area contributed by atoms with Gasteiger partial charge in [-0.1, -0.05) is 33.1 Å². The van der Waals surface area contributed by atoms with Crippen molar-refractivity contribution >= 4 is 5.91 Å². The molecule has 0 radical (unpaired) electrons. The normalized spacial score (nSPS) is 26.3. The molecule has 0 aliphatic carbocycles. The molecule has 0 aromatic rings. The van der Waals surface area contributed by atoms with Crippen LogP contribution in [0.25, 0.3) is 0 Å². The summed E-state index contributed by atoms with van der Waals surface area (Å²) in [5.74, 6) is 1.13. The first kappa shape index (κ1) is 10.6. The highest BCUT2D eigenvalue weighted by atomic mass is 16.1. The Labute approximate surface area is 81.1 Å². The summed E-state index contributed by atoms with van der Waals surface area (Å²) in [5.41, 5.74) is 0. The van der Waals surface area contributed by atoms with Crippen molar-refractivity contribution in [3.05, 3.63) is 0 Å². The number of amides is 1. The van der Waals surface area contributed by atoms with E-state index < -0.39 is 0 Å². The highest BCUT2D eigenvalue weighted by molar-refractivity contribution is 5.79. The van der Waals surface area contributed by atoms with Gasteiger partial charge in [0, 0.05) is 12.5 Å². The lowest BCUT2D eigenvalue weighted by molar-refractivity contribution is -0.126. The van der Waals surface area contributed by atoms with E-state index in [1.807, 2.05) is 0 Å². The Hall–Kier alpha value is -0.530. The van der Waals surface area contributed by atoms with Crippen LogP contribution >= 0.6 is 0 Å². The van der Waals surface area contributed by atoms with Gasteiger partial charge < -0.3 is 5.32 Å². The van der Waals surface area contributed by atoms with E-state index in [9.17, 15) is 4.79 Å². The molecular weight excluding hydrogens is 162 g/mol. The van der Waals surface area contributed by atoms with E-state index in [4.69, 9.17) is 0 Å². The summed E-state index contributed by atoms with van der Waals surface area (Å²) in [5, 5.41) is 2.99. The van der Waals surface area contributed by atoms with E-state index in [2.05, 4.69) is 19.2 Å². The Kier molecular flexibility index (Phi) is 4.26. The molecule has 0 spiro atoms. The summed E-state index contributed by atoms with van der Waals surface area (Å²) in [6.07, 6.45) is 5.81. The second kappa shape index (κ2) is 5.25. The Morgan fingerprint density at radius 2 is 2.31 bits per heavy atom. The zero-order chi connectivity index (χ0) is 9.68. The number of hydrogen-bond donors (Lipinski definition) is 1. The molecule has 2 unspecified atom stereocenters. The summed E-state index contributed by atoms with van der Waals surface area (Å²) in [7, 11) is 0. The quantitative estimate of drug-likeness (QED) is 0.715. The average molecular weight is 183 g/mol. The van der Waals surface area contributed by atoms with Crippen LogP contribution in [0.2, 0.25) is 0 Å². The van der Waals surface area contributed by atoms with Crippen LogP contribution in [0.5, 0.6) is 0 Å². The van der Waals surface area contributed by atoms with Crippen LogP contribution in [0.4, 0.5) is 0 Å². The SMILES string of the molecule is CCCC(C)C1CCCCNC1=O. The van der Waals surface area contributed by atoms with Crippen molar-refractivity contribution in [1.82, 2.24) is 5.32 Å². The maximum absolute atomic E-state index is 11.6. The monoisotopic (exact) mass is 183 g/mol. The van der Waals surface area contributed by atoms with Crippen LogP contribution in [0.15, 0.2) is 0 Å². The predicted molar refractivity (Wildman–Crippen MR) is 54.4 cm³/mol. The summed E-state index contributed by atoms with van der Waals surface area (Å²) >= 11 is 0. The fraction of sp³-hybridized carbons (Fsp3) is 0.909. The van der Waals surface area contributed by atoms with E-state index in [0.29, 0.717) is 11.8 Å². The van der Waals surface area contributed by atoms with Crippen LogP contribution in [-0.4, -0.2) is 12.5 Å². The first-order chi connectivity index (χ1) is 6.25. The zero-order valence-electron chi connectivity index (χ0n) is 8.81. The van der Waals surface area contributed by atoms with Crippen molar-refractivity contribution in [3.8, 4) is 0 Å². The lowest BCUT2D eigenvalue weighted by Crippen LogP contribution is -2.32. The third-order valence-corrected chi connectivity index (χ3v) is 3.01. The van der Waals surface area contributed by atoms with Crippen molar-refractivity contribution in [2.75, 3.05) is 6.54 Å². The van der Waals surface area contributed by atoms with E-state index in [0.717, 1.165) is 19.4 Å². The highest BCUT2D eigenvalue weighted by Gasteiger charge is 2.25. The Morgan fingerprint density at radius 3 is 3.00 bits per heavy atom. The molecule has 2 atom stereocenters. The molecule has 1 fully saturated rings. The fourth-order valence-electron chi connectivity index (χ4n) is 2.16. The van der Waals surface area contributed by atoms with Gasteiger partial charge in [0.25, 0.3) is 0 Å². The van der Waals surface area contributed by atoms with Gasteiger partial charge >= 0.3 is 0 Å². The van der Waals surface area contributed by atoms with Gasteiger partial charge in [-0.05, 0) is 18.8 Å². The van der Waals surface area contributed by atoms with E-state index in [1.165, 1.54) is 19.3 Å². The molecular formula is C11H21NO. The maximum Gasteiger partial charge on any atom is 0.223 e. The second-order valence-electron chi connectivity index (χ2n) is 4.16. The molecule has 1 rings (SSSR count). The highest BCUT2D eigenvalue weighted by Crippen LogP contribution is 2.24. The molecule has 13 heavy (non-hydrogen) atoms. The molecule has 1 amide bonds. The molecule has 0 bridgehead atoms. The molecule has 1 N–H and O–H groups in total. The summed E-state index contributed by atoms with van der Waals surface area (Å²) in [6, 6.07) is 0. The van der Waals surface area contributed by atoms with Crippen LogP contribution in [0.3, 0.4) is 0 Å². The molecule has 76 valence electrons. The predicted octanol–water partition coefficient (Wildman–Crippen LogP) is 2.34. The van der Waals surface area contributed by atoms with Crippen LogP contribution in [-0.2, 0) is 4.79 Å². The molecule has 1 saturated heterocycles. The third kappa shape index (κ3) is 3.02. The van der Waals surface area contributed by atoms with E-state index in [-0.39, 0.29) is 5.92 Å².